The number of likely N-dealkylation sites (N-methyl/N-ethyl adjacent to an activating group) is 2. The van der Waals surface area contributed by atoms with Crippen LogP contribution in [0.25, 0.3) is 0 Å². The van der Waals surface area contributed by atoms with Crippen molar-refractivity contribution >= 4 is 5.91 Å². The van der Waals surface area contributed by atoms with E-state index in [0.717, 1.165) is 31.7 Å². The molecule has 0 spiro atoms. The van der Waals surface area contributed by atoms with Gasteiger partial charge in [0.05, 0.1) is 0 Å². The monoisotopic (exact) mass is 319 g/mol. The van der Waals surface area contributed by atoms with Gasteiger partial charge in [0.1, 0.15) is 0 Å². The zero-order chi connectivity index (χ0) is 16.8. The second-order valence-electron chi connectivity index (χ2n) is 6.84. The van der Waals surface area contributed by atoms with Gasteiger partial charge >= 0.3 is 0 Å². The van der Waals surface area contributed by atoms with E-state index in [0.29, 0.717) is 12.5 Å². The van der Waals surface area contributed by atoms with Crippen molar-refractivity contribution in [3.05, 3.63) is 35.9 Å². The molecule has 1 aromatic rings. The third kappa shape index (κ3) is 5.03. The maximum absolute atomic E-state index is 12.6. The standard InChI is InChI=1S/C18H29N3O2/c1-19(2)9-10-20(3)11-16-12-21(13-17(16)14-22)18(23)15-7-5-4-6-8-15/h4-8,16-17,22H,9-14H2,1-3H3/t16-,17-/m1/s1. The molecule has 1 saturated heterocycles. The van der Waals surface area contributed by atoms with E-state index in [1.54, 1.807) is 0 Å². The van der Waals surface area contributed by atoms with E-state index in [4.69, 9.17) is 0 Å². The number of rotatable bonds is 7. The van der Waals surface area contributed by atoms with Crippen LogP contribution in [-0.2, 0) is 0 Å². The van der Waals surface area contributed by atoms with Gasteiger partial charge < -0.3 is 19.8 Å². The molecule has 1 amide bonds. The largest absolute Gasteiger partial charge is 0.396 e. The van der Waals surface area contributed by atoms with E-state index in [9.17, 15) is 9.90 Å². The second kappa shape index (κ2) is 8.43. The fraction of sp³-hybridized carbons (Fsp3) is 0.611. The average molecular weight is 319 g/mol. The zero-order valence-electron chi connectivity index (χ0n) is 14.5. The Morgan fingerprint density at radius 3 is 2.39 bits per heavy atom. The minimum Gasteiger partial charge on any atom is -0.396 e. The van der Waals surface area contributed by atoms with Gasteiger partial charge in [-0.1, -0.05) is 18.2 Å². The summed E-state index contributed by atoms with van der Waals surface area (Å²) in [6.07, 6.45) is 0. The van der Waals surface area contributed by atoms with E-state index >= 15 is 0 Å². The van der Waals surface area contributed by atoms with E-state index in [-0.39, 0.29) is 18.4 Å². The Morgan fingerprint density at radius 1 is 1.13 bits per heavy atom. The van der Waals surface area contributed by atoms with Crippen molar-refractivity contribution < 1.29 is 9.90 Å². The number of carbonyl (C=O) groups excluding carboxylic acids is 1. The third-order valence-electron chi connectivity index (χ3n) is 4.59. The summed E-state index contributed by atoms with van der Waals surface area (Å²) in [4.78, 5) is 18.9. The first-order valence-electron chi connectivity index (χ1n) is 8.29. The normalized spacial score (nSPS) is 21.4. The van der Waals surface area contributed by atoms with Crippen LogP contribution in [0.4, 0.5) is 0 Å². The van der Waals surface area contributed by atoms with E-state index in [1.807, 2.05) is 35.2 Å². The van der Waals surface area contributed by atoms with Crippen molar-refractivity contribution in [1.29, 1.82) is 0 Å². The SMILES string of the molecule is CN(C)CCN(C)C[C@@H]1CN(C(=O)c2ccccc2)C[C@@H]1CO. The van der Waals surface area contributed by atoms with Crippen LogP contribution in [0.3, 0.4) is 0 Å². The summed E-state index contributed by atoms with van der Waals surface area (Å²) in [6.45, 7) is 4.44. The molecular formula is C18H29N3O2. The van der Waals surface area contributed by atoms with Gasteiger partial charge in [-0.2, -0.15) is 0 Å². The first-order valence-corrected chi connectivity index (χ1v) is 8.29. The van der Waals surface area contributed by atoms with Gasteiger partial charge in [-0.15, -0.1) is 0 Å². The number of hydrogen-bond acceptors (Lipinski definition) is 4. The molecule has 0 aromatic heterocycles. The van der Waals surface area contributed by atoms with Crippen molar-refractivity contribution in [1.82, 2.24) is 14.7 Å². The maximum Gasteiger partial charge on any atom is 0.253 e. The van der Waals surface area contributed by atoms with Crippen LogP contribution < -0.4 is 0 Å². The summed E-state index contributed by atoms with van der Waals surface area (Å²) >= 11 is 0. The van der Waals surface area contributed by atoms with Crippen molar-refractivity contribution in [2.75, 3.05) is 60.5 Å². The fourth-order valence-corrected chi connectivity index (χ4v) is 3.14. The predicted octanol–water partition coefficient (Wildman–Crippen LogP) is 0.861. The molecular weight excluding hydrogens is 290 g/mol. The molecule has 0 aliphatic carbocycles. The number of aliphatic hydroxyl groups excluding tert-OH is 1. The summed E-state index contributed by atoms with van der Waals surface area (Å²) in [6, 6.07) is 9.40. The molecule has 1 aromatic carbocycles. The molecule has 1 N–H and O–H groups in total. The topological polar surface area (TPSA) is 47.0 Å². The molecule has 128 valence electrons. The van der Waals surface area contributed by atoms with Crippen LogP contribution in [0.1, 0.15) is 10.4 Å². The van der Waals surface area contributed by atoms with Gasteiger partial charge in [-0.25, -0.2) is 0 Å². The summed E-state index contributed by atoms with van der Waals surface area (Å²) in [7, 11) is 6.25. The molecule has 2 rings (SSSR count). The summed E-state index contributed by atoms with van der Waals surface area (Å²) in [5.74, 6) is 0.576. The van der Waals surface area contributed by atoms with E-state index in [2.05, 4.69) is 30.9 Å². The number of hydrogen-bond donors (Lipinski definition) is 1. The molecule has 0 saturated carbocycles. The Balaban J connectivity index is 1.93. The molecule has 1 aliphatic heterocycles. The predicted molar refractivity (Wildman–Crippen MR) is 92.5 cm³/mol. The Morgan fingerprint density at radius 2 is 1.78 bits per heavy atom. The van der Waals surface area contributed by atoms with E-state index < -0.39 is 0 Å². The Kier molecular flexibility index (Phi) is 6.57. The molecule has 5 heteroatoms. The highest BCUT2D eigenvalue weighted by Crippen LogP contribution is 2.25. The van der Waals surface area contributed by atoms with Gasteiger partial charge in [0.25, 0.3) is 5.91 Å². The quantitative estimate of drug-likeness (QED) is 0.810. The summed E-state index contributed by atoms with van der Waals surface area (Å²) < 4.78 is 0. The molecule has 1 aliphatic rings. The molecule has 0 radical (unpaired) electrons. The Hall–Kier alpha value is -1.43. The maximum atomic E-state index is 12.6. The summed E-state index contributed by atoms with van der Waals surface area (Å²) in [5, 5.41) is 9.67. The lowest BCUT2D eigenvalue weighted by Gasteiger charge is -2.25. The third-order valence-corrected chi connectivity index (χ3v) is 4.59. The number of amides is 1. The van der Waals surface area contributed by atoms with Crippen LogP contribution >= 0.6 is 0 Å². The zero-order valence-corrected chi connectivity index (χ0v) is 14.5. The van der Waals surface area contributed by atoms with Gasteiger partial charge in [-0.05, 0) is 39.2 Å². The molecule has 1 heterocycles. The van der Waals surface area contributed by atoms with Crippen molar-refractivity contribution in [2.24, 2.45) is 11.8 Å². The highest BCUT2D eigenvalue weighted by Gasteiger charge is 2.35. The first kappa shape index (κ1) is 17.9. The highest BCUT2D eigenvalue weighted by molar-refractivity contribution is 5.94. The molecule has 0 unspecified atom stereocenters. The highest BCUT2D eigenvalue weighted by atomic mass is 16.3. The van der Waals surface area contributed by atoms with Gasteiger partial charge in [0, 0.05) is 50.8 Å². The first-order chi connectivity index (χ1) is 11.0. The number of aliphatic hydroxyl groups is 1. The van der Waals surface area contributed by atoms with Crippen LogP contribution in [0.2, 0.25) is 0 Å². The van der Waals surface area contributed by atoms with Crippen molar-refractivity contribution in [3.8, 4) is 0 Å². The van der Waals surface area contributed by atoms with Crippen LogP contribution in [0.15, 0.2) is 30.3 Å². The molecule has 1 fully saturated rings. The number of nitrogens with zero attached hydrogens (tertiary/aromatic N) is 3. The Bertz CT molecular complexity index is 492. The van der Waals surface area contributed by atoms with Crippen LogP contribution in [0, 0.1) is 11.8 Å². The van der Waals surface area contributed by atoms with Crippen molar-refractivity contribution in [3.63, 3.8) is 0 Å². The lowest BCUT2D eigenvalue weighted by Crippen LogP contribution is -2.35. The lowest BCUT2D eigenvalue weighted by atomic mass is 9.96. The lowest BCUT2D eigenvalue weighted by molar-refractivity contribution is 0.0779. The second-order valence-corrected chi connectivity index (χ2v) is 6.84. The molecule has 5 nitrogen and oxygen atoms in total. The molecule has 23 heavy (non-hydrogen) atoms. The van der Waals surface area contributed by atoms with Gasteiger partial charge in [0.2, 0.25) is 0 Å². The number of likely N-dealkylation sites (tertiary alicyclic amines) is 1. The molecule has 2 atom stereocenters. The smallest absolute Gasteiger partial charge is 0.253 e. The van der Waals surface area contributed by atoms with Gasteiger partial charge in [0.15, 0.2) is 0 Å². The van der Waals surface area contributed by atoms with E-state index in [1.165, 1.54) is 0 Å². The van der Waals surface area contributed by atoms with Crippen molar-refractivity contribution in [2.45, 2.75) is 0 Å². The fourth-order valence-electron chi connectivity index (χ4n) is 3.14. The molecule has 0 bridgehead atoms. The minimum atomic E-state index is 0.0718. The van der Waals surface area contributed by atoms with Gasteiger partial charge in [-0.3, -0.25) is 4.79 Å². The van der Waals surface area contributed by atoms with Crippen LogP contribution in [0.5, 0.6) is 0 Å². The number of carbonyl (C=O) groups is 1. The number of benzene rings is 1. The Labute approximate surface area is 139 Å². The summed E-state index contributed by atoms with van der Waals surface area (Å²) in [5.41, 5.74) is 0.728. The van der Waals surface area contributed by atoms with Crippen LogP contribution in [-0.4, -0.2) is 86.2 Å². The minimum absolute atomic E-state index is 0.0718. The average Bonchev–Trinajstić information content (AvgIpc) is 2.96.